The highest BCUT2D eigenvalue weighted by Crippen LogP contribution is 2.18. The SMILES string of the molecule is N#Cc1ccc(OCCCCCCl)c(F)c1. The van der Waals surface area contributed by atoms with Gasteiger partial charge in [0.05, 0.1) is 18.2 Å². The van der Waals surface area contributed by atoms with Crippen molar-refractivity contribution in [1.29, 1.82) is 5.26 Å². The maximum Gasteiger partial charge on any atom is 0.166 e. The molecule has 0 aromatic heterocycles. The predicted octanol–water partition coefficient (Wildman–Crippen LogP) is 3.49. The highest BCUT2D eigenvalue weighted by molar-refractivity contribution is 6.17. The Morgan fingerprint density at radius 2 is 2.12 bits per heavy atom. The number of nitrogens with zero attached hydrogens (tertiary/aromatic N) is 1. The van der Waals surface area contributed by atoms with Crippen molar-refractivity contribution in [3.8, 4) is 11.8 Å². The van der Waals surface area contributed by atoms with Crippen molar-refractivity contribution in [3.63, 3.8) is 0 Å². The minimum absolute atomic E-state index is 0.199. The topological polar surface area (TPSA) is 33.0 Å². The summed E-state index contributed by atoms with van der Waals surface area (Å²) >= 11 is 5.52. The molecule has 0 fully saturated rings. The number of rotatable bonds is 6. The van der Waals surface area contributed by atoms with Gasteiger partial charge in [-0.2, -0.15) is 5.26 Å². The summed E-state index contributed by atoms with van der Waals surface area (Å²) in [6, 6.07) is 6.06. The van der Waals surface area contributed by atoms with E-state index in [9.17, 15) is 4.39 Å². The van der Waals surface area contributed by atoms with Crippen molar-refractivity contribution < 1.29 is 9.13 Å². The summed E-state index contributed by atoms with van der Waals surface area (Å²) in [5.74, 6) is 0.354. The van der Waals surface area contributed by atoms with Crippen molar-refractivity contribution in [2.24, 2.45) is 0 Å². The highest BCUT2D eigenvalue weighted by atomic mass is 35.5. The van der Waals surface area contributed by atoms with Gasteiger partial charge in [0.2, 0.25) is 0 Å². The standard InChI is InChI=1S/C12H13ClFNO/c13-6-2-1-3-7-16-12-5-4-10(9-15)8-11(12)14/h4-5,8H,1-3,6-7H2. The summed E-state index contributed by atoms with van der Waals surface area (Å²) in [5, 5.41) is 8.56. The van der Waals surface area contributed by atoms with Crippen LogP contribution in [-0.2, 0) is 0 Å². The Kier molecular flexibility index (Phi) is 5.66. The van der Waals surface area contributed by atoms with Gasteiger partial charge in [0.1, 0.15) is 0 Å². The van der Waals surface area contributed by atoms with E-state index in [0.717, 1.165) is 19.3 Å². The lowest BCUT2D eigenvalue weighted by molar-refractivity contribution is 0.291. The molecule has 4 heteroatoms. The monoisotopic (exact) mass is 241 g/mol. The van der Waals surface area contributed by atoms with Crippen LogP contribution < -0.4 is 4.74 Å². The average molecular weight is 242 g/mol. The van der Waals surface area contributed by atoms with Crippen LogP contribution in [0.25, 0.3) is 0 Å². The Labute approximate surface area is 99.6 Å². The molecule has 0 unspecified atom stereocenters. The van der Waals surface area contributed by atoms with E-state index in [1.165, 1.54) is 18.2 Å². The molecule has 0 N–H and O–H groups in total. The van der Waals surface area contributed by atoms with Crippen LogP contribution >= 0.6 is 11.6 Å². The summed E-state index contributed by atoms with van der Waals surface area (Å²) in [5.41, 5.74) is 0.298. The van der Waals surface area contributed by atoms with Gasteiger partial charge in [-0.05, 0) is 37.5 Å². The van der Waals surface area contributed by atoms with Gasteiger partial charge in [-0.25, -0.2) is 4.39 Å². The quantitative estimate of drug-likeness (QED) is 0.564. The number of hydrogen-bond donors (Lipinski definition) is 0. The molecule has 0 atom stereocenters. The number of hydrogen-bond acceptors (Lipinski definition) is 2. The number of nitriles is 1. The van der Waals surface area contributed by atoms with Crippen LogP contribution in [-0.4, -0.2) is 12.5 Å². The lowest BCUT2D eigenvalue weighted by atomic mass is 10.2. The molecular formula is C12H13ClFNO. The molecule has 0 amide bonds. The van der Waals surface area contributed by atoms with E-state index in [0.29, 0.717) is 18.1 Å². The molecule has 2 nitrogen and oxygen atoms in total. The largest absolute Gasteiger partial charge is 0.491 e. The third-order valence-electron chi connectivity index (χ3n) is 2.10. The molecule has 0 aliphatic heterocycles. The molecule has 1 aromatic rings. The molecule has 0 aliphatic rings. The third-order valence-corrected chi connectivity index (χ3v) is 2.36. The van der Waals surface area contributed by atoms with Gasteiger partial charge in [0.25, 0.3) is 0 Å². The van der Waals surface area contributed by atoms with Gasteiger partial charge >= 0.3 is 0 Å². The summed E-state index contributed by atoms with van der Waals surface area (Å²) in [4.78, 5) is 0. The van der Waals surface area contributed by atoms with Crippen LogP contribution in [0.3, 0.4) is 0 Å². The first-order chi connectivity index (χ1) is 7.77. The number of ether oxygens (including phenoxy) is 1. The van der Waals surface area contributed by atoms with Gasteiger partial charge < -0.3 is 4.74 Å². The van der Waals surface area contributed by atoms with Crippen LogP contribution in [0.5, 0.6) is 5.75 Å². The molecule has 1 aromatic carbocycles. The van der Waals surface area contributed by atoms with E-state index >= 15 is 0 Å². The highest BCUT2D eigenvalue weighted by Gasteiger charge is 2.03. The Morgan fingerprint density at radius 3 is 2.75 bits per heavy atom. The Morgan fingerprint density at radius 1 is 1.31 bits per heavy atom. The molecule has 0 saturated carbocycles. The molecule has 0 radical (unpaired) electrons. The predicted molar refractivity (Wildman–Crippen MR) is 61.2 cm³/mol. The molecule has 0 spiro atoms. The van der Waals surface area contributed by atoms with E-state index in [-0.39, 0.29) is 5.75 Å². The van der Waals surface area contributed by atoms with Crippen molar-refractivity contribution in [3.05, 3.63) is 29.6 Å². The molecule has 0 bridgehead atoms. The summed E-state index contributed by atoms with van der Waals surface area (Å²) in [7, 11) is 0. The average Bonchev–Trinajstić information content (AvgIpc) is 2.30. The zero-order valence-corrected chi connectivity index (χ0v) is 9.63. The zero-order chi connectivity index (χ0) is 11.8. The number of benzene rings is 1. The number of alkyl halides is 1. The smallest absolute Gasteiger partial charge is 0.166 e. The number of unbranched alkanes of at least 4 members (excludes halogenated alkanes) is 2. The first-order valence-electron chi connectivity index (χ1n) is 5.16. The van der Waals surface area contributed by atoms with Crippen LogP contribution in [0.4, 0.5) is 4.39 Å². The lowest BCUT2D eigenvalue weighted by Crippen LogP contribution is -1.99. The second-order valence-corrected chi connectivity index (χ2v) is 3.73. The third kappa shape index (κ3) is 4.08. The van der Waals surface area contributed by atoms with Crippen LogP contribution in [0.2, 0.25) is 0 Å². The van der Waals surface area contributed by atoms with Crippen molar-refractivity contribution >= 4 is 11.6 Å². The summed E-state index contributed by atoms with van der Waals surface area (Å²) in [6.45, 7) is 0.472. The van der Waals surface area contributed by atoms with E-state index < -0.39 is 5.82 Å². The summed E-state index contributed by atoms with van der Waals surface area (Å²) < 4.78 is 18.6. The van der Waals surface area contributed by atoms with Gasteiger partial charge in [-0.3, -0.25) is 0 Å². The Hall–Kier alpha value is -1.27. The normalized spacial score (nSPS) is 9.81. The molecule has 0 saturated heterocycles. The summed E-state index contributed by atoms with van der Waals surface area (Å²) in [6.07, 6.45) is 2.77. The van der Waals surface area contributed by atoms with Crippen molar-refractivity contribution in [2.45, 2.75) is 19.3 Å². The number of halogens is 2. The van der Waals surface area contributed by atoms with Gasteiger partial charge in [0.15, 0.2) is 11.6 Å². The molecule has 16 heavy (non-hydrogen) atoms. The fourth-order valence-electron chi connectivity index (χ4n) is 1.24. The molecule has 86 valence electrons. The van der Waals surface area contributed by atoms with Crippen LogP contribution in [0.1, 0.15) is 24.8 Å². The molecule has 0 aliphatic carbocycles. The Balaban J connectivity index is 2.40. The molecule has 1 rings (SSSR count). The fraction of sp³-hybridized carbons (Fsp3) is 0.417. The van der Waals surface area contributed by atoms with Gasteiger partial charge in [-0.15, -0.1) is 11.6 Å². The second kappa shape index (κ2) is 7.08. The van der Waals surface area contributed by atoms with Gasteiger partial charge in [0, 0.05) is 5.88 Å². The Bertz CT molecular complexity index is 376. The minimum Gasteiger partial charge on any atom is -0.491 e. The van der Waals surface area contributed by atoms with E-state index in [1.54, 1.807) is 0 Å². The zero-order valence-electron chi connectivity index (χ0n) is 8.88. The first-order valence-corrected chi connectivity index (χ1v) is 5.70. The molecular weight excluding hydrogens is 229 g/mol. The van der Waals surface area contributed by atoms with Crippen LogP contribution in [0, 0.1) is 17.1 Å². The maximum absolute atomic E-state index is 13.3. The van der Waals surface area contributed by atoms with Gasteiger partial charge in [-0.1, -0.05) is 0 Å². The lowest BCUT2D eigenvalue weighted by Gasteiger charge is -2.06. The van der Waals surface area contributed by atoms with E-state index in [2.05, 4.69) is 0 Å². The van der Waals surface area contributed by atoms with Crippen molar-refractivity contribution in [2.75, 3.05) is 12.5 Å². The first kappa shape index (κ1) is 12.8. The minimum atomic E-state index is -0.489. The van der Waals surface area contributed by atoms with Crippen LogP contribution in [0.15, 0.2) is 18.2 Å². The fourth-order valence-corrected chi connectivity index (χ4v) is 1.43. The van der Waals surface area contributed by atoms with E-state index in [4.69, 9.17) is 21.6 Å². The second-order valence-electron chi connectivity index (χ2n) is 3.36. The molecule has 0 heterocycles. The van der Waals surface area contributed by atoms with Crippen molar-refractivity contribution in [1.82, 2.24) is 0 Å². The van der Waals surface area contributed by atoms with E-state index in [1.807, 2.05) is 6.07 Å². The maximum atomic E-state index is 13.3.